The second-order valence-electron chi connectivity index (χ2n) is 4.14. The van der Waals surface area contributed by atoms with Gasteiger partial charge in [0.05, 0.1) is 22.4 Å². The van der Waals surface area contributed by atoms with Gasteiger partial charge in [-0.25, -0.2) is 0 Å². The van der Waals surface area contributed by atoms with Crippen LogP contribution < -0.4 is 5.32 Å². The molecule has 102 valence electrons. The molecule has 1 aromatic heterocycles. The summed E-state index contributed by atoms with van der Waals surface area (Å²) in [6, 6.07) is 5.45. The number of aromatic nitrogens is 1. The van der Waals surface area contributed by atoms with Gasteiger partial charge in [0.15, 0.2) is 0 Å². The number of aromatic hydroxyl groups is 1. The number of nitrogens with zero attached hydrogens (tertiary/aromatic N) is 2. The third kappa shape index (κ3) is 2.89. The molecule has 0 bridgehead atoms. The van der Waals surface area contributed by atoms with E-state index < -0.39 is 10.8 Å². The van der Waals surface area contributed by atoms with Crippen molar-refractivity contribution in [3.05, 3.63) is 57.9 Å². The minimum atomic E-state index is -0.537. The largest absolute Gasteiger partial charge is 0.506 e. The molecule has 1 heterocycles. The van der Waals surface area contributed by atoms with Crippen molar-refractivity contribution in [2.75, 3.05) is 5.32 Å². The van der Waals surface area contributed by atoms with E-state index in [0.29, 0.717) is 11.3 Å². The summed E-state index contributed by atoms with van der Waals surface area (Å²) in [6.07, 6.45) is 2.50. The zero-order valence-corrected chi connectivity index (χ0v) is 10.5. The SMILES string of the molecule is Cc1ccc([N+](=O)[O-])cc1NC(=O)c1cncc(O)c1. The maximum absolute atomic E-state index is 12.0. The minimum Gasteiger partial charge on any atom is -0.506 e. The number of carbonyl (C=O) groups is 1. The molecule has 0 saturated heterocycles. The molecule has 0 saturated carbocycles. The standard InChI is InChI=1S/C13H11N3O4/c1-8-2-3-10(16(19)20)5-12(8)15-13(18)9-4-11(17)7-14-6-9/h2-7,17H,1H3,(H,15,18). The molecule has 7 nitrogen and oxygen atoms in total. The van der Waals surface area contributed by atoms with Crippen molar-refractivity contribution in [3.8, 4) is 5.75 Å². The van der Waals surface area contributed by atoms with E-state index in [-0.39, 0.29) is 17.0 Å². The first-order valence-corrected chi connectivity index (χ1v) is 5.68. The molecule has 2 rings (SSSR count). The van der Waals surface area contributed by atoms with Gasteiger partial charge in [0.1, 0.15) is 5.75 Å². The Bertz CT molecular complexity index is 685. The van der Waals surface area contributed by atoms with Gasteiger partial charge in [0.25, 0.3) is 11.6 Å². The Morgan fingerprint density at radius 2 is 2.10 bits per heavy atom. The molecule has 1 aromatic carbocycles. The fourth-order valence-electron chi connectivity index (χ4n) is 1.60. The van der Waals surface area contributed by atoms with Crippen LogP contribution in [0.5, 0.6) is 5.75 Å². The summed E-state index contributed by atoms with van der Waals surface area (Å²) < 4.78 is 0. The second kappa shape index (κ2) is 5.35. The lowest BCUT2D eigenvalue weighted by molar-refractivity contribution is -0.384. The van der Waals surface area contributed by atoms with Gasteiger partial charge < -0.3 is 10.4 Å². The summed E-state index contributed by atoms with van der Waals surface area (Å²) in [4.78, 5) is 25.8. The average Bonchev–Trinajstić information content (AvgIpc) is 2.41. The number of non-ortho nitro benzene ring substituents is 1. The third-order valence-corrected chi connectivity index (χ3v) is 2.67. The van der Waals surface area contributed by atoms with Crippen LogP contribution in [-0.4, -0.2) is 20.9 Å². The molecule has 2 aromatic rings. The quantitative estimate of drug-likeness (QED) is 0.659. The van der Waals surface area contributed by atoms with Gasteiger partial charge in [-0.05, 0) is 18.6 Å². The predicted octanol–water partition coefficient (Wildman–Crippen LogP) is 2.26. The molecule has 0 radical (unpaired) electrons. The van der Waals surface area contributed by atoms with Crippen LogP contribution in [0.15, 0.2) is 36.7 Å². The van der Waals surface area contributed by atoms with Crippen molar-refractivity contribution in [1.29, 1.82) is 0 Å². The third-order valence-electron chi connectivity index (χ3n) is 2.67. The molecule has 0 aliphatic rings. The highest BCUT2D eigenvalue weighted by Crippen LogP contribution is 2.22. The number of carbonyl (C=O) groups excluding carboxylic acids is 1. The Labute approximate surface area is 114 Å². The van der Waals surface area contributed by atoms with Crippen LogP contribution >= 0.6 is 0 Å². The van der Waals surface area contributed by atoms with Crippen molar-refractivity contribution in [2.24, 2.45) is 0 Å². The molecule has 0 aliphatic heterocycles. The molecule has 2 N–H and O–H groups in total. The van der Waals surface area contributed by atoms with E-state index >= 15 is 0 Å². The molecule has 0 atom stereocenters. The number of nitro benzene ring substituents is 1. The average molecular weight is 273 g/mol. The monoisotopic (exact) mass is 273 g/mol. The normalized spacial score (nSPS) is 10.1. The van der Waals surface area contributed by atoms with E-state index in [1.807, 2.05) is 0 Å². The van der Waals surface area contributed by atoms with E-state index in [0.717, 1.165) is 0 Å². The maximum atomic E-state index is 12.0. The summed E-state index contributed by atoms with van der Waals surface area (Å²) in [5.74, 6) is -0.634. The number of aryl methyl sites for hydroxylation is 1. The van der Waals surface area contributed by atoms with Crippen LogP contribution in [0.25, 0.3) is 0 Å². The van der Waals surface area contributed by atoms with Gasteiger partial charge >= 0.3 is 0 Å². The highest BCUT2D eigenvalue weighted by atomic mass is 16.6. The second-order valence-corrected chi connectivity index (χ2v) is 4.14. The van der Waals surface area contributed by atoms with Crippen molar-refractivity contribution in [3.63, 3.8) is 0 Å². The zero-order chi connectivity index (χ0) is 14.7. The molecular weight excluding hydrogens is 262 g/mol. The number of amides is 1. The van der Waals surface area contributed by atoms with Crippen molar-refractivity contribution in [1.82, 2.24) is 4.98 Å². The number of rotatable bonds is 3. The first-order valence-electron chi connectivity index (χ1n) is 5.68. The van der Waals surface area contributed by atoms with Gasteiger partial charge in [-0.15, -0.1) is 0 Å². The summed E-state index contributed by atoms with van der Waals surface area (Å²) in [7, 11) is 0. The van der Waals surface area contributed by atoms with Gasteiger partial charge in [-0.1, -0.05) is 6.07 Å². The molecule has 0 spiro atoms. The summed E-state index contributed by atoms with van der Waals surface area (Å²) >= 11 is 0. The highest BCUT2D eigenvalue weighted by molar-refractivity contribution is 6.04. The molecule has 0 fully saturated rings. The van der Waals surface area contributed by atoms with Gasteiger partial charge in [-0.3, -0.25) is 19.9 Å². The minimum absolute atomic E-state index is 0.111. The van der Waals surface area contributed by atoms with E-state index in [9.17, 15) is 20.0 Å². The van der Waals surface area contributed by atoms with Crippen LogP contribution in [0.2, 0.25) is 0 Å². The lowest BCUT2D eigenvalue weighted by Crippen LogP contribution is -2.13. The lowest BCUT2D eigenvalue weighted by atomic mass is 10.1. The molecular formula is C13H11N3O4. The fraction of sp³-hybridized carbons (Fsp3) is 0.0769. The molecule has 0 unspecified atom stereocenters. The molecule has 0 aliphatic carbocycles. The van der Waals surface area contributed by atoms with Crippen molar-refractivity contribution < 1.29 is 14.8 Å². The Morgan fingerprint density at radius 3 is 2.75 bits per heavy atom. The number of nitrogens with one attached hydrogen (secondary N) is 1. The number of hydrogen-bond donors (Lipinski definition) is 2. The van der Waals surface area contributed by atoms with E-state index in [2.05, 4.69) is 10.3 Å². The first kappa shape index (κ1) is 13.5. The number of benzene rings is 1. The number of hydrogen-bond acceptors (Lipinski definition) is 5. The zero-order valence-electron chi connectivity index (χ0n) is 10.5. The summed E-state index contributed by atoms with van der Waals surface area (Å²) in [5.41, 5.74) is 1.08. The topological polar surface area (TPSA) is 105 Å². The predicted molar refractivity (Wildman–Crippen MR) is 71.7 cm³/mol. The Balaban J connectivity index is 2.27. The molecule has 7 heteroatoms. The Kier molecular flexibility index (Phi) is 3.60. The lowest BCUT2D eigenvalue weighted by Gasteiger charge is -2.08. The van der Waals surface area contributed by atoms with Gasteiger partial charge in [-0.2, -0.15) is 0 Å². The van der Waals surface area contributed by atoms with Crippen LogP contribution in [0.3, 0.4) is 0 Å². The Hall–Kier alpha value is -2.96. The van der Waals surface area contributed by atoms with E-state index in [1.54, 1.807) is 13.0 Å². The smallest absolute Gasteiger partial charge is 0.271 e. The van der Waals surface area contributed by atoms with Crippen molar-refractivity contribution >= 4 is 17.3 Å². The van der Waals surface area contributed by atoms with E-state index in [4.69, 9.17) is 0 Å². The van der Waals surface area contributed by atoms with Crippen LogP contribution in [0, 0.1) is 17.0 Å². The summed E-state index contributed by atoms with van der Waals surface area (Å²) in [6.45, 7) is 1.72. The van der Waals surface area contributed by atoms with Crippen LogP contribution in [0.4, 0.5) is 11.4 Å². The highest BCUT2D eigenvalue weighted by Gasteiger charge is 2.12. The number of pyridine rings is 1. The fourth-order valence-corrected chi connectivity index (χ4v) is 1.60. The first-order chi connectivity index (χ1) is 9.47. The summed E-state index contributed by atoms with van der Waals surface area (Å²) in [5, 5.41) is 22.5. The van der Waals surface area contributed by atoms with Gasteiger partial charge in [0, 0.05) is 18.3 Å². The maximum Gasteiger partial charge on any atom is 0.271 e. The number of nitro groups is 1. The van der Waals surface area contributed by atoms with Crippen molar-refractivity contribution in [2.45, 2.75) is 6.92 Å². The number of anilines is 1. The Morgan fingerprint density at radius 1 is 1.35 bits per heavy atom. The van der Waals surface area contributed by atoms with E-state index in [1.165, 1.54) is 30.6 Å². The van der Waals surface area contributed by atoms with Crippen LogP contribution in [-0.2, 0) is 0 Å². The molecule has 20 heavy (non-hydrogen) atoms. The molecule has 1 amide bonds. The van der Waals surface area contributed by atoms with Crippen LogP contribution in [0.1, 0.15) is 15.9 Å². The van der Waals surface area contributed by atoms with Gasteiger partial charge in [0.2, 0.25) is 0 Å².